The fourth-order valence-electron chi connectivity index (χ4n) is 1.16. The third-order valence-corrected chi connectivity index (χ3v) is 2.25. The van der Waals surface area contributed by atoms with Gasteiger partial charge in [0.05, 0.1) is 17.3 Å². The molecular formula is C11H13FN2O3. The first-order valence-corrected chi connectivity index (χ1v) is 5.05. The summed E-state index contributed by atoms with van der Waals surface area (Å²) in [5.41, 5.74) is 5.20. The van der Waals surface area contributed by atoms with Crippen LogP contribution in [0.4, 0.5) is 10.1 Å². The molecule has 0 saturated heterocycles. The fraction of sp³-hybridized carbons (Fsp3) is 0.273. The molecule has 1 aromatic rings. The molecule has 1 unspecified atom stereocenters. The normalized spacial score (nSPS) is 11.9. The molecule has 0 aliphatic rings. The molecule has 0 aliphatic heterocycles. The third kappa shape index (κ3) is 3.25. The van der Waals surface area contributed by atoms with E-state index in [0.717, 1.165) is 6.07 Å². The summed E-state index contributed by atoms with van der Waals surface area (Å²) in [6.07, 6.45) is 0.431. The van der Waals surface area contributed by atoms with Gasteiger partial charge in [-0.15, -0.1) is 0 Å². The van der Waals surface area contributed by atoms with E-state index >= 15 is 0 Å². The zero-order chi connectivity index (χ0) is 13.0. The lowest BCUT2D eigenvalue weighted by molar-refractivity contribution is -0.117. The largest absolute Gasteiger partial charge is 0.478 e. The first-order chi connectivity index (χ1) is 7.95. The number of carbonyl (C=O) groups excluding carboxylic acids is 1. The number of amides is 1. The summed E-state index contributed by atoms with van der Waals surface area (Å²) in [6.45, 7) is 1.73. The average Bonchev–Trinajstić information content (AvgIpc) is 2.30. The highest BCUT2D eigenvalue weighted by Gasteiger charge is 2.14. The zero-order valence-electron chi connectivity index (χ0n) is 9.24. The smallest absolute Gasteiger partial charge is 0.335 e. The van der Waals surface area contributed by atoms with Crippen molar-refractivity contribution in [1.82, 2.24) is 0 Å². The van der Waals surface area contributed by atoms with Crippen molar-refractivity contribution in [2.24, 2.45) is 5.73 Å². The Morgan fingerprint density at radius 3 is 2.65 bits per heavy atom. The Labute approximate surface area is 97.4 Å². The lowest BCUT2D eigenvalue weighted by Crippen LogP contribution is -2.35. The average molecular weight is 240 g/mol. The molecular weight excluding hydrogens is 227 g/mol. The van der Waals surface area contributed by atoms with Gasteiger partial charge < -0.3 is 16.2 Å². The zero-order valence-corrected chi connectivity index (χ0v) is 9.24. The molecule has 6 heteroatoms. The highest BCUT2D eigenvalue weighted by molar-refractivity contribution is 5.95. The number of benzene rings is 1. The number of nitrogens with one attached hydrogen (secondary N) is 1. The van der Waals surface area contributed by atoms with Gasteiger partial charge in [-0.3, -0.25) is 4.79 Å². The Kier molecular flexibility index (Phi) is 4.17. The van der Waals surface area contributed by atoms with Crippen LogP contribution < -0.4 is 11.1 Å². The van der Waals surface area contributed by atoms with Crippen LogP contribution in [-0.4, -0.2) is 23.0 Å². The summed E-state index contributed by atoms with van der Waals surface area (Å²) in [5.74, 6) is -2.54. The van der Waals surface area contributed by atoms with Crippen molar-refractivity contribution in [2.75, 3.05) is 5.32 Å². The van der Waals surface area contributed by atoms with Crippen molar-refractivity contribution in [2.45, 2.75) is 19.4 Å². The summed E-state index contributed by atoms with van der Waals surface area (Å²) < 4.78 is 13.4. The van der Waals surface area contributed by atoms with Crippen LogP contribution in [0.3, 0.4) is 0 Å². The Bertz CT molecular complexity index is 448. The number of carboxylic acid groups (broad SMARTS) is 1. The maximum absolute atomic E-state index is 13.4. The highest BCUT2D eigenvalue weighted by Crippen LogP contribution is 2.16. The van der Waals surface area contributed by atoms with Crippen LogP contribution in [0.15, 0.2) is 18.2 Å². The fourth-order valence-corrected chi connectivity index (χ4v) is 1.16. The van der Waals surface area contributed by atoms with Crippen molar-refractivity contribution in [1.29, 1.82) is 0 Å². The molecule has 0 aliphatic carbocycles. The predicted octanol–water partition coefficient (Wildman–Crippen LogP) is 1.20. The summed E-state index contributed by atoms with van der Waals surface area (Å²) in [7, 11) is 0. The molecule has 1 rings (SSSR count). The summed E-state index contributed by atoms with van der Waals surface area (Å²) in [4.78, 5) is 22.0. The second kappa shape index (κ2) is 5.40. The number of hydrogen-bond acceptors (Lipinski definition) is 3. The van der Waals surface area contributed by atoms with Crippen LogP contribution >= 0.6 is 0 Å². The number of halogens is 1. The van der Waals surface area contributed by atoms with E-state index in [9.17, 15) is 14.0 Å². The van der Waals surface area contributed by atoms with Gasteiger partial charge in [-0.05, 0) is 24.6 Å². The molecule has 17 heavy (non-hydrogen) atoms. The second-order valence-electron chi connectivity index (χ2n) is 3.50. The molecule has 0 bridgehead atoms. The number of carbonyl (C=O) groups is 2. The first kappa shape index (κ1) is 13.1. The van der Waals surface area contributed by atoms with E-state index < -0.39 is 23.7 Å². The van der Waals surface area contributed by atoms with Crippen LogP contribution in [0, 0.1) is 5.82 Å². The van der Waals surface area contributed by atoms with Gasteiger partial charge in [0.2, 0.25) is 5.91 Å². The number of rotatable bonds is 4. The van der Waals surface area contributed by atoms with Crippen molar-refractivity contribution in [3.63, 3.8) is 0 Å². The molecule has 4 N–H and O–H groups in total. The summed E-state index contributed by atoms with van der Waals surface area (Å²) in [5, 5.41) is 10.9. The van der Waals surface area contributed by atoms with Crippen LogP contribution in [0.5, 0.6) is 0 Å². The Morgan fingerprint density at radius 2 is 2.18 bits per heavy atom. The van der Waals surface area contributed by atoms with Crippen LogP contribution in [0.2, 0.25) is 0 Å². The molecule has 0 radical (unpaired) electrons. The van der Waals surface area contributed by atoms with Crippen LogP contribution in [0.1, 0.15) is 23.7 Å². The Morgan fingerprint density at radius 1 is 1.53 bits per heavy atom. The minimum absolute atomic E-state index is 0.0797. The molecule has 1 atom stereocenters. The number of carboxylic acids is 1. The molecule has 0 spiro atoms. The van der Waals surface area contributed by atoms with E-state index in [-0.39, 0.29) is 11.3 Å². The van der Waals surface area contributed by atoms with E-state index in [1.807, 2.05) is 0 Å². The molecule has 0 heterocycles. The minimum atomic E-state index is -1.23. The Balaban J connectivity index is 2.86. The van der Waals surface area contributed by atoms with Gasteiger partial charge in [0, 0.05) is 0 Å². The molecule has 5 nitrogen and oxygen atoms in total. The lowest BCUT2D eigenvalue weighted by Gasteiger charge is -2.10. The summed E-state index contributed by atoms with van der Waals surface area (Å²) >= 11 is 0. The summed E-state index contributed by atoms with van der Waals surface area (Å²) in [6, 6.07) is 2.53. The maximum atomic E-state index is 13.4. The van der Waals surface area contributed by atoms with Gasteiger partial charge in [-0.1, -0.05) is 6.92 Å². The second-order valence-corrected chi connectivity index (χ2v) is 3.50. The van der Waals surface area contributed by atoms with Crippen LogP contribution in [-0.2, 0) is 4.79 Å². The van der Waals surface area contributed by atoms with Gasteiger partial charge in [-0.25, -0.2) is 9.18 Å². The van der Waals surface area contributed by atoms with Crippen LogP contribution in [0.25, 0.3) is 0 Å². The van der Waals surface area contributed by atoms with Crippen molar-refractivity contribution >= 4 is 17.6 Å². The molecule has 0 fully saturated rings. The van der Waals surface area contributed by atoms with Gasteiger partial charge in [0.1, 0.15) is 5.82 Å². The quantitative estimate of drug-likeness (QED) is 0.737. The van der Waals surface area contributed by atoms with Gasteiger partial charge in [0.15, 0.2) is 0 Å². The molecule has 92 valence electrons. The standard InChI is InChI=1S/C11H13FN2O3/c1-2-8(13)10(15)14-9-4-3-6(11(16)17)5-7(9)12/h3-5,8H,2,13H2,1H3,(H,14,15)(H,16,17). The lowest BCUT2D eigenvalue weighted by atomic mass is 10.2. The minimum Gasteiger partial charge on any atom is -0.478 e. The number of anilines is 1. The van der Waals surface area contributed by atoms with Gasteiger partial charge in [0.25, 0.3) is 0 Å². The molecule has 1 aromatic carbocycles. The Hall–Kier alpha value is -1.95. The van der Waals surface area contributed by atoms with Gasteiger partial charge >= 0.3 is 5.97 Å². The predicted molar refractivity (Wildman–Crippen MR) is 60.3 cm³/mol. The highest BCUT2D eigenvalue weighted by atomic mass is 19.1. The van der Waals surface area contributed by atoms with Crippen molar-refractivity contribution in [3.8, 4) is 0 Å². The monoisotopic (exact) mass is 240 g/mol. The SMILES string of the molecule is CCC(N)C(=O)Nc1ccc(C(=O)O)cc1F. The van der Waals surface area contributed by atoms with E-state index in [2.05, 4.69) is 5.32 Å². The molecule has 0 aromatic heterocycles. The number of hydrogen-bond donors (Lipinski definition) is 3. The van der Waals surface area contributed by atoms with E-state index in [1.54, 1.807) is 6.92 Å². The van der Waals surface area contributed by atoms with E-state index in [4.69, 9.17) is 10.8 Å². The topological polar surface area (TPSA) is 92.4 Å². The van der Waals surface area contributed by atoms with Crippen molar-refractivity contribution < 1.29 is 19.1 Å². The number of aromatic carboxylic acids is 1. The number of nitrogens with two attached hydrogens (primary N) is 1. The van der Waals surface area contributed by atoms with Crippen molar-refractivity contribution in [3.05, 3.63) is 29.6 Å². The van der Waals surface area contributed by atoms with Gasteiger partial charge in [-0.2, -0.15) is 0 Å². The molecule has 0 saturated carbocycles. The first-order valence-electron chi connectivity index (χ1n) is 5.05. The third-order valence-electron chi connectivity index (χ3n) is 2.25. The van der Waals surface area contributed by atoms with E-state index in [1.165, 1.54) is 12.1 Å². The maximum Gasteiger partial charge on any atom is 0.335 e. The van der Waals surface area contributed by atoms with E-state index in [0.29, 0.717) is 6.42 Å². The molecule has 1 amide bonds.